The SMILES string of the molecule is Cc1cc2c3c(c1)N(c1ccc4sc5ccccc5c4c1)c1cc(C(C)(C)C)ccc1B3c1ccc(N3c4cc(C)cc(C)c4C4(C)CCCCC34C)cc1N2c1cccc(C(C)(C)C)c1. The molecule has 0 spiro atoms. The number of anilines is 8. The summed E-state index contributed by atoms with van der Waals surface area (Å²) in [5.74, 6) is 0. The predicted octanol–water partition coefficient (Wildman–Crippen LogP) is 15.4. The summed E-state index contributed by atoms with van der Waals surface area (Å²) < 4.78 is 2.66. The van der Waals surface area contributed by atoms with Gasteiger partial charge in [-0.15, -0.1) is 11.3 Å². The van der Waals surface area contributed by atoms with E-state index in [2.05, 4.69) is 218 Å². The van der Waals surface area contributed by atoms with Crippen LogP contribution in [0.5, 0.6) is 0 Å². The van der Waals surface area contributed by atoms with Gasteiger partial charge in [0.1, 0.15) is 0 Å². The fraction of sp³-hybridized carbons (Fsp3) is 0.311. The summed E-state index contributed by atoms with van der Waals surface area (Å²) in [6.45, 7) is 26.2. The summed E-state index contributed by atoms with van der Waals surface area (Å²) in [7, 11) is 0. The molecule has 66 heavy (non-hydrogen) atoms. The molecular formula is C61H62BN3S. The second-order valence-electron chi connectivity index (χ2n) is 22.8. The molecule has 7 aromatic carbocycles. The lowest BCUT2D eigenvalue weighted by atomic mass is 9.33. The van der Waals surface area contributed by atoms with Crippen molar-refractivity contribution >= 4 is 100 Å². The van der Waals surface area contributed by atoms with E-state index in [-0.39, 0.29) is 28.5 Å². The highest BCUT2D eigenvalue weighted by atomic mass is 32.1. The molecule has 0 radical (unpaired) electrons. The van der Waals surface area contributed by atoms with Gasteiger partial charge in [0.2, 0.25) is 0 Å². The molecule has 3 aliphatic heterocycles. The molecule has 0 N–H and O–H groups in total. The zero-order chi connectivity index (χ0) is 45.8. The summed E-state index contributed by atoms with van der Waals surface area (Å²) in [4.78, 5) is 8.04. The maximum Gasteiger partial charge on any atom is 0.252 e. The molecule has 8 aromatic rings. The standard InChI is InChI=1S/C61H62BN3S/c1-37-29-39(3)56-51(30-37)65(61(11)28-15-14-27-60(56,61)10)44-22-25-48-50(36-44)63(42-18-16-17-40(33-42)58(4,5)6)52-31-38(2)32-53-57(52)62(48)47-24-21-41(59(7,8)9)34-49(47)64(53)43-23-26-55-46(35-43)45-19-12-13-20-54(45)66-55/h12-13,16-26,29-36H,14-15,27-28H2,1-11H3. The molecule has 1 saturated carbocycles. The summed E-state index contributed by atoms with van der Waals surface area (Å²) >= 11 is 1.89. The minimum Gasteiger partial charge on any atom is -0.334 e. The molecule has 1 fully saturated rings. The lowest BCUT2D eigenvalue weighted by Gasteiger charge is -2.51. The van der Waals surface area contributed by atoms with Crippen LogP contribution in [0.15, 0.2) is 127 Å². The van der Waals surface area contributed by atoms with Crippen LogP contribution in [0.2, 0.25) is 0 Å². The molecule has 1 aliphatic carbocycles. The van der Waals surface area contributed by atoms with Crippen LogP contribution in [-0.2, 0) is 16.2 Å². The van der Waals surface area contributed by atoms with E-state index in [9.17, 15) is 0 Å². The van der Waals surface area contributed by atoms with Gasteiger partial charge < -0.3 is 14.7 Å². The van der Waals surface area contributed by atoms with E-state index in [1.54, 1.807) is 5.56 Å². The fourth-order valence-corrected chi connectivity index (χ4v) is 14.1. The largest absolute Gasteiger partial charge is 0.334 e. The van der Waals surface area contributed by atoms with Crippen molar-refractivity contribution < 1.29 is 0 Å². The zero-order valence-electron chi connectivity index (χ0n) is 40.8. The third-order valence-electron chi connectivity index (χ3n) is 16.4. The van der Waals surface area contributed by atoms with Gasteiger partial charge in [-0.3, -0.25) is 0 Å². The molecular weight excluding hydrogens is 818 g/mol. The van der Waals surface area contributed by atoms with E-state index < -0.39 is 0 Å². The van der Waals surface area contributed by atoms with Crippen LogP contribution in [-0.4, -0.2) is 12.3 Å². The van der Waals surface area contributed by atoms with Crippen molar-refractivity contribution in [3.63, 3.8) is 0 Å². The molecule has 0 saturated heterocycles. The maximum absolute atomic E-state index is 2.79. The number of benzene rings is 7. The molecule has 2 atom stereocenters. The number of rotatable bonds is 3. The highest BCUT2D eigenvalue weighted by Crippen LogP contribution is 2.62. The topological polar surface area (TPSA) is 9.72 Å². The number of nitrogens with zero attached hydrogens (tertiary/aromatic N) is 3. The number of hydrogen-bond donors (Lipinski definition) is 0. The Kier molecular flexibility index (Phi) is 8.91. The molecule has 330 valence electrons. The van der Waals surface area contributed by atoms with Crippen LogP contribution < -0.4 is 31.1 Å². The van der Waals surface area contributed by atoms with Crippen LogP contribution in [0.25, 0.3) is 20.2 Å². The first-order valence-electron chi connectivity index (χ1n) is 24.4. The van der Waals surface area contributed by atoms with Gasteiger partial charge in [-0.05, 0) is 174 Å². The van der Waals surface area contributed by atoms with Crippen molar-refractivity contribution in [3.8, 4) is 0 Å². The molecule has 3 nitrogen and oxygen atoms in total. The Balaban J connectivity index is 1.15. The monoisotopic (exact) mass is 879 g/mol. The minimum atomic E-state index is -0.0517. The smallest absolute Gasteiger partial charge is 0.252 e. The summed E-state index contributed by atoms with van der Waals surface area (Å²) in [6.07, 6.45) is 4.91. The fourth-order valence-electron chi connectivity index (χ4n) is 13.0. The first-order chi connectivity index (χ1) is 31.4. The van der Waals surface area contributed by atoms with Gasteiger partial charge >= 0.3 is 0 Å². The van der Waals surface area contributed by atoms with Crippen LogP contribution in [0, 0.1) is 20.8 Å². The first kappa shape index (κ1) is 41.6. The zero-order valence-corrected chi connectivity index (χ0v) is 41.6. The second kappa shape index (κ2) is 14.1. The summed E-state index contributed by atoms with van der Waals surface area (Å²) in [5.41, 5.74) is 22.5. The van der Waals surface area contributed by atoms with Crippen molar-refractivity contribution in [2.24, 2.45) is 0 Å². The highest BCUT2D eigenvalue weighted by Gasteiger charge is 2.58. The molecule has 4 heterocycles. The van der Waals surface area contributed by atoms with Crippen molar-refractivity contribution in [3.05, 3.63) is 161 Å². The van der Waals surface area contributed by atoms with E-state index in [1.807, 2.05) is 11.3 Å². The third kappa shape index (κ3) is 5.87. The highest BCUT2D eigenvalue weighted by molar-refractivity contribution is 7.25. The average Bonchev–Trinajstić information content (AvgIpc) is 3.74. The van der Waals surface area contributed by atoms with Gasteiger partial charge in [0, 0.05) is 71.1 Å². The van der Waals surface area contributed by atoms with E-state index in [1.165, 1.54) is 136 Å². The van der Waals surface area contributed by atoms with Crippen molar-refractivity contribution in [1.29, 1.82) is 0 Å². The van der Waals surface area contributed by atoms with E-state index in [4.69, 9.17) is 0 Å². The maximum atomic E-state index is 2.79. The predicted molar refractivity (Wildman–Crippen MR) is 288 cm³/mol. The number of hydrogen-bond acceptors (Lipinski definition) is 4. The molecule has 5 heteroatoms. The van der Waals surface area contributed by atoms with Gasteiger partial charge in [-0.1, -0.05) is 116 Å². The van der Waals surface area contributed by atoms with Gasteiger partial charge in [-0.2, -0.15) is 0 Å². The Labute approximate surface area is 397 Å². The van der Waals surface area contributed by atoms with Crippen LogP contribution in [0.1, 0.15) is 114 Å². The van der Waals surface area contributed by atoms with E-state index in [0.29, 0.717) is 0 Å². The van der Waals surface area contributed by atoms with Crippen LogP contribution >= 0.6 is 11.3 Å². The normalized spacial score (nSPS) is 19.8. The molecule has 12 rings (SSSR count). The Hall–Kier alpha value is -5.78. The molecule has 4 aliphatic rings. The van der Waals surface area contributed by atoms with Crippen LogP contribution in [0.3, 0.4) is 0 Å². The number of fused-ring (bicyclic) bond motifs is 10. The van der Waals surface area contributed by atoms with E-state index >= 15 is 0 Å². The van der Waals surface area contributed by atoms with Crippen molar-refractivity contribution in [2.75, 3.05) is 14.7 Å². The van der Waals surface area contributed by atoms with Crippen LogP contribution in [0.4, 0.5) is 45.5 Å². The van der Waals surface area contributed by atoms with Gasteiger partial charge in [0.05, 0.1) is 5.54 Å². The minimum absolute atomic E-state index is 0.00890. The average molecular weight is 880 g/mol. The van der Waals surface area contributed by atoms with E-state index in [0.717, 1.165) is 0 Å². The number of thiophene rings is 1. The molecule has 2 unspecified atom stereocenters. The quantitative estimate of drug-likeness (QED) is 0.164. The molecule has 1 aromatic heterocycles. The lowest BCUT2D eigenvalue weighted by Crippen LogP contribution is -2.61. The third-order valence-corrected chi connectivity index (χ3v) is 17.6. The Morgan fingerprint density at radius 3 is 1.86 bits per heavy atom. The summed E-state index contributed by atoms with van der Waals surface area (Å²) in [5, 5.41) is 2.65. The Morgan fingerprint density at radius 2 is 1.12 bits per heavy atom. The molecule has 0 bridgehead atoms. The Bertz CT molecular complexity index is 3350. The Morgan fingerprint density at radius 1 is 0.515 bits per heavy atom. The summed E-state index contributed by atoms with van der Waals surface area (Å²) in [6, 6.07) is 50.3. The number of aryl methyl sites for hydroxylation is 3. The van der Waals surface area contributed by atoms with Crippen molar-refractivity contribution in [2.45, 2.75) is 124 Å². The lowest BCUT2D eigenvalue weighted by molar-refractivity contribution is 0.194. The second-order valence-corrected chi connectivity index (χ2v) is 23.9. The van der Waals surface area contributed by atoms with Gasteiger partial charge in [0.25, 0.3) is 6.71 Å². The van der Waals surface area contributed by atoms with Gasteiger partial charge in [0.15, 0.2) is 0 Å². The van der Waals surface area contributed by atoms with Gasteiger partial charge in [-0.25, -0.2) is 0 Å². The molecule has 0 amide bonds. The van der Waals surface area contributed by atoms with Crippen molar-refractivity contribution in [1.82, 2.24) is 0 Å². The first-order valence-corrected chi connectivity index (χ1v) is 25.2.